The zero-order chi connectivity index (χ0) is 11.7. The molecule has 0 aliphatic rings. The lowest BCUT2D eigenvalue weighted by Gasteiger charge is -2.32. The average molecular weight is 216 g/mol. The van der Waals surface area contributed by atoms with E-state index in [0.717, 1.165) is 13.0 Å². The third-order valence-corrected chi connectivity index (χ3v) is 2.30. The highest BCUT2D eigenvalue weighted by molar-refractivity contribution is 5.86. The minimum atomic E-state index is -0.133. The number of carbonyl (C=O) groups is 1. The van der Waals surface area contributed by atoms with Gasteiger partial charge in [0.1, 0.15) is 6.54 Å². The summed E-state index contributed by atoms with van der Waals surface area (Å²) in [6.45, 7) is 4.82. The van der Waals surface area contributed by atoms with Crippen LogP contribution in [0, 0.1) is 0 Å². The van der Waals surface area contributed by atoms with Gasteiger partial charge >= 0.3 is 0 Å². The molecule has 0 saturated heterocycles. The molecule has 0 bridgehead atoms. The summed E-state index contributed by atoms with van der Waals surface area (Å²) in [6, 6.07) is 0. The minimum absolute atomic E-state index is 0.133. The number of rotatable bonds is 8. The third kappa shape index (κ3) is 4.89. The lowest BCUT2D eigenvalue weighted by molar-refractivity contribution is -1.04. The minimum Gasteiger partial charge on any atom is -0.352 e. The van der Waals surface area contributed by atoms with Crippen LogP contribution in [0.25, 0.3) is 0 Å². The summed E-state index contributed by atoms with van der Waals surface area (Å²) in [5.74, 6) is -0.133. The fourth-order valence-corrected chi connectivity index (χ4v) is 1.27. The van der Waals surface area contributed by atoms with Crippen molar-refractivity contribution in [3.05, 3.63) is 12.7 Å². The van der Waals surface area contributed by atoms with Gasteiger partial charge in [0.25, 0.3) is 0 Å². The fourth-order valence-electron chi connectivity index (χ4n) is 1.27. The Morgan fingerprint density at radius 3 is 2.20 bits per heavy atom. The smallest absolute Gasteiger partial charge is 0.243 e. The second-order valence-electron chi connectivity index (χ2n) is 3.05. The second-order valence-corrected chi connectivity index (χ2v) is 3.05. The molecular formula is C9H22N5O+. The summed E-state index contributed by atoms with van der Waals surface area (Å²) in [5.41, 5.74) is 9.30. The van der Waals surface area contributed by atoms with Gasteiger partial charge in [0.15, 0.2) is 0 Å². The van der Waals surface area contributed by atoms with Crippen LogP contribution in [0.2, 0.25) is 0 Å². The Morgan fingerprint density at radius 1 is 1.27 bits per heavy atom. The van der Waals surface area contributed by atoms with Crippen molar-refractivity contribution in [1.82, 2.24) is 21.6 Å². The highest BCUT2D eigenvalue weighted by Crippen LogP contribution is 1.91. The molecule has 6 nitrogen and oxygen atoms in total. The maximum absolute atomic E-state index is 10.9. The first kappa shape index (κ1) is 14.1. The van der Waals surface area contributed by atoms with Crippen LogP contribution in [-0.2, 0) is 4.79 Å². The molecule has 0 spiro atoms. The number of nitrogens with zero attached hydrogens (tertiary/aromatic N) is 1. The quantitative estimate of drug-likeness (QED) is 0.180. The average Bonchev–Trinajstić information content (AvgIpc) is 2.30. The maximum atomic E-state index is 10.9. The summed E-state index contributed by atoms with van der Waals surface area (Å²) in [4.78, 5) is 11.3. The van der Waals surface area contributed by atoms with E-state index in [1.165, 1.54) is 6.08 Å². The second kappa shape index (κ2) is 7.36. The Bertz CT molecular complexity index is 194. The van der Waals surface area contributed by atoms with Gasteiger partial charge in [-0.1, -0.05) is 11.4 Å². The molecule has 0 aliphatic heterocycles. The van der Waals surface area contributed by atoms with E-state index in [9.17, 15) is 4.79 Å². The number of nitrogens with one attached hydrogen (secondary N) is 4. The van der Waals surface area contributed by atoms with E-state index in [4.69, 9.17) is 0 Å². The number of amides is 1. The topological polar surface area (TPSA) is 65.2 Å². The van der Waals surface area contributed by atoms with Gasteiger partial charge in [-0.2, -0.15) is 0 Å². The molecule has 0 rings (SSSR count). The van der Waals surface area contributed by atoms with Crippen LogP contribution in [0.15, 0.2) is 12.7 Å². The number of quaternary nitrogens is 1. The first-order valence-electron chi connectivity index (χ1n) is 4.99. The fraction of sp³-hybridized carbons (Fsp3) is 0.667. The molecule has 0 saturated carbocycles. The summed E-state index contributed by atoms with van der Waals surface area (Å²) in [7, 11) is 5.57. The van der Waals surface area contributed by atoms with E-state index in [1.54, 1.807) is 0 Å². The van der Waals surface area contributed by atoms with Crippen molar-refractivity contribution in [3.63, 3.8) is 0 Å². The molecule has 0 heterocycles. The molecule has 88 valence electrons. The van der Waals surface area contributed by atoms with Crippen molar-refractivity contribution in [1.29, 1.82) is 0 Å². The van der Waals surface area contributed by atoms with E-state index in [2.05, 4.69) is 28.2 Å². The number of hydrogen-bond acceptors (Lipinski definition) is 4. The molecule has 0 aromatic rings. The number of hydrogen-bond donors (Lipinski definition) is 4. The number of carbonyl (C=O) groups excluding carboxylic acids is 1. The van der Waals surface area contributed by atoms with E-state index >= 15 is 0 Å². The molecule has 0 aromatic heterocycles. The van der Waals surface area contributed by atoms with Gasteiger partial charge < -0.3 is 5.32 Å². The van der Waals surface area contributed by atoms with E-state index < -0.39 is 0 Å². The van der Waals surface area contributed by atoms with Crippen LogP contribution >= 0.6 is 0 Å². The zero-order valence-electron chi connectivity index (χ0n) is 9.76. The monoisotopic (exact) mass is 216 g/mol. The molecule has 15 heavy (non-hydrogen) atoms. The molecule has 4 N–H and O–H groups in total. The van der Waals surface area contributed by atoms with Crippen molar-refractivity contribution in [3.8, 4) is 0 Å². The van der Waals surface area contributed by atoms with Crippen LogP contribution in [0.3, 0.4) is 0 Å². The molecule has 0 unspecified atom stereocenters. The van der Waals surface area contributed by atoms with Crippen molar-refractivity contribution in [2.75, 3.05) is 34.2 Å². The lowest BCUT2D eigenvalue weighted by atomic mass is 10.4. The highest BCUT2D eigenvalue weighted by Gasteiger charge is 2.21. The van der Waals surface area contributed by atoms with E-state index in [-0.39, 0.29) is 5.91 Å². The van der Waals surface area contributed by atoms with Crippen LogP contribution < -0.4 is 21.6 Å². The normalized spacial score (nSPS) is 11.1. The third-order valence-electron chi connectivity index (χ3n) is 2.30. The Labute approximate surface area is 91.2 Å². The van der Waals surface area contributed by atoms with Crippen molar-refractivity contribution < 1.29 is 9.60 Å². The van der Waals surface area contributed by atoms with E-state index in [1.807, 2.05) is 21.1 Å². The highest BCUT2D eigenvalue weighted by atomic mass is 16.1. The summed E-state index contributed by atoms with van der Waals surface area (Å²) < 4.78 is 0. The van der Waals surface area contributed by atoms with Crippen LogP contribution in [0.5, 0.6) is 0 Å². The molecule has 1 amide bonds. The van der Waals surface area contributed by atoms with Crippen LogP contribution in [0.4, 0.5) is 0 Å². The zero-order valence-corrected chi connectivity index (χ0v) is 9.76. The molecule has 6 heteroatoms. The van der Waals surface area contributed by atoms with Gasteiger partial charge in [-0.3, -0.25) is 4.79 Å². The van der Waals surface area contributed by atoms with Gasteiger partial charge in [-0.05, 0) is 6.08 Å². The van der Waals surface area contributed by atoms with Gasteiger partial charge in [-0.25, -0.2) is 0 Å². The van der Waals surface area contributed by atoms with E-state index in [0.29, 0.717) is 11.4 Å². The summed E-state index contributed by atoms with van der Waals surface area (Å²) in [5, 5.41) is 2.73. The van der Waals surface area contributed by atoms with Crippen LogP contribution in [0.1, 0.15) is 6.42 Å². The molecule has 0 atom stereocenters. The molecule has 0 radical (unpaired) electrons. The Kier molecular flexibility index (Phi) is 6.89. The van der Waals surface area contributed by atoms with Crippen molar-refractivity contribution in [2.24, 2.45) is 0 Å². The van der Waals surface area contributed by atoms with Crippen LogP contribution in [-0.4, -0.2) is 44.9 Å². The molecule has 0 aliphatic carbocycles. The Balaban J connectivity index is 3.81. The molecule has 0 fully saturated rings. The largest absolute Gasteiger partial charge is 0.352 e. The van der Waals surface area contributed by atoms with Gasteiger partial charge in [0.2, 0.25) is 5.91 Å². The maximum Gasteiger partial charge on any atom is 0.243 e. The SMILES string of the molecule is C=CC(=O)NCCC[N+](NC)(NC)NC. The van der Waals surface area contributed by atoms with Crippen molar-refractivity contribution in [2.45, 2.75) is 6.42 Å². The van der Waals surface area contributed by atoms with Gasteiger partial charge in [0.05, 0.1) is 0 Å². The molecule has 0 aromatic carbocycles. The summed E-state index contributed by atoms with van der Waals surface area (Å²) in [6.07, 6.45) is 2.12. The molecular weight excluding hydrogens is 194 g/mol. The van der Waals surface area contributed by atoms with Gasteiger partial charge in [-0.15, -0.1) is 16.3 Å². The predicted molar refractivity (Wildman–Crippen MR) is 60.1 cm³/mol. The summed E-state index contributed by atoms with van der Waals surface area (Å²) >= 11 is 0. The van der Waals surface area contributed by atoms with Crippen molar-refractivity contribution >= 4 is 5.91 Å². The Hall–Kier alpha value is -0.950. The lowest BCUT2D eigenvalue weighted by Crippen LogP contribution is -2.70. The standard InChI is InChI=1S/C9H21N5O/c1-5-9(15)13-7-6-8-14(10-2,11-3)12-4/h5,10-12H,1,6-8H2,2-4H3/p+1. The first-order valence-corrected chi connectivity index (χ1v) is 4.99. The Morgan fingerprint density at radius 2 is 1.80 bits per heavy atom. The van der Waals surface area contributed by atoms with Gasteiger partial charge in [0, 0.05) is 34.1 Å². The predicted octanol–water partition coefficient (Wildman–Crippen LogP) is -1.10. The first-order chi connectivity index (χ1) is 7.14.